The fourth-order valence-electron chi connectivity index (χ4n) is 4.43. The summed E-state index contributed by atoms with van der Waals surface area (Å²) >= 11 is 0. The maximum atomic E-state index is 14.0. The second-order valence-corrected chi connectivity index (χ2v) is 7.91. The molecule has 0 spiro atoms. The highest BCUT2D eigenvalue weighted by atomic mass is 19.1. The van der Waals surface area contributed by atoms with Crippen LogP contribution in [-0.2, 0) is 4.74 Å². The van der Waals surface area contributed by atoms with Gasteiger partial charge in [-0.05, 0) is 47.9 Å². The average Bonchev–Trinajstić information content (AvgIpc) is 2.73. The summed E-state index contributed by atoms with van der Waals surface area (Å²) in [6.07, 6.45) is 2.89. The standard InChI is InChI=1S/C25H23F2N3O/c1-2-9-30-14-18(10-16-5-3-7-19(26)11-16)24-22(15-30)23(21(13-28)25(29)31-24)17-6-4-8-20(27)12-17/h3-8,10-12,23H,2,9,14-15,29H2,1H3/p+1/b18-10-/t23-/m0/s1. The topological polar surface area (TPSA) is 63.5 Å². The molecule has 158 valence electrons. The molecule has 0 saturated heterocycles. The second-order valence-electron chi connectivity index (χ2n) is 7.91. The predicted octanol–water partition coefficient (Wildman–Crippen LogP) is 3.42. The first-order chi connectivity index (χ1) is 15.0. The number of nitrogens with one attached hydrogen (secondary N) is 1. The third kappa shape index (κ3) is 4.23. The van der Waals surface area contributed by atoms with E-state index < -0.39 is 5.92 Å². The molecule has 0 aliphatic carbocycles. The zero-order valence-electron chi connectivity index (χ0n) is 17.3. The minimum Gasteiger partial charge on any atom is -0.440 e. The van der Waals surface area contributed by atoms with Crippen LogP contribution in [0.5, 0.6) is 0 Å². The summed E-state index contributed by atoms with van der Waals surface area (Å²) in [5.41, 5.74) is 9.60. The number of rotatable bonds is 4. The molecule has 2 aromatic carbocycles. The van der Waals surface area contributed by atoms with Crippen LogP contribution >= 0.6 is 0 Å². The first-order valence-electron chi connectivity index (χ1n) is 10.4. The van der Waals surface area contributed by atoms with Crippen molar-refractivity contribution in [3.63, 3.8) is 0 Å². The van der Waals surface area contributed by atoms with Crippen LogP contribution in [0.1, 0.15) is 30.4 Å². The Morgan fingerprint density at radius 1 is 1.16 bits per heavy atom. The number of nitrogens with two attached hydrogens (primary N) is 1. The highest BCUT2D eigenvalue weighted by Crippen LogP contribution is 2.41. The molecule has 0 fully saturated rings. The lowest BCUT2D eigenvalue weighted by atomic mass is 9.80. The highest BCUT2D eigenvalue weighted by Gasteiger charge is 2.39. The summed E-state index contributed by atoms with van der Waals surface area (Å²) in [6.45, 7) is 4.39. The molecule has 0 bridgehead atoms. The molecule has 3 N–H and O–H groups in total. The van der Waals surface area contributed by atoms with Crippen molar-refractivity contribution < 1.29 is 18.4 Å². The smallest absolute Gasteiger partial charge is 0.205 e. The molecule has 1 unspecified atom stereocenters. The van der Waals surface area contributed by atoms with Crippen LogP contribution in [-0.4, -0.2) is 19.6 Å². The molecule has 0 radical (unpaired) electrons. The summed E-state index contributed by atoms with van der Waals surface area (Å²) in [7, 11) is 0. The van der Waals surface area contributed by atoms with E-state index in [-0.39, 0.29) is 23.1 Å². The van der Waals surface area contributed by atoms with Crippen molar-refractivity contribution in [3.8, 4) is 6.07 Å². The molecular weight excluding hydrogens is 396 g/mol. The first kappa shape index (κ1) is 20.8. The van der Waals surface area contributed by atoms with Gasteiger partial charge in [0.15, 0.2) is 0 Å². The molecule has 0 saturated carbocycles. The zero-order chi connectivity index (χ0) is 22.0. The fourth-order valence-corrected chi connectivity index (χ4v) is 4.43. The fraction of sp³-hybridized carbons (Fsp3) is 0.240. The van der Waals surface area contributed by atoms with E-state index in [1.807, 2.05) is 12.1 Å². The van der Waals surface area contributed by atoms with E-state index >= 15 is 0 Å². The number of nitriles is 1. The van der Waals surface area contributed by atoms with Crippen molar-refractivity contribution in [2.75, 3.05) is 19.6 Å². The lowest BCUT2D eigenvalue weighted by Gasteiger charge is -2.36. The molecule has 4 rings (SSSR count). The van der Waals surface area contributed by atoms with Gasteiger partial charge in [0.2, 0.25) is 5.88 Å². The quantitative estimate of drug-likeness (QED) is 0.797. The van der Waals surface area contributed by atoms with Crippen molar-refractivity contribution in [2.24, 2.45) is 5.73 Å². The molecule has 31 heavy (non-hydrogen) atoms. The highest BCUT2D eigenvalue weighted by molar-refractivity contribution is 5.62. The zero-order valence-corrected chi connectivity index (χ0v) is 17.3. The normalized spacial score (nSPS) is 22.2. The van der Waals surface area contributed by atoms with Gasteiger partial charge in [-0.3, -0.25) is 0 Å². The lowest BCUT2D eigenvalue weighted by molar-refractivity contribution is -0.892. The monoisotopic (exact) mass is 420 g/mol. The Morgan fingerprint density at radius 2 is 1.90 bits per heavy atom. The molecule has 2 atom stereocenters. The largest absolute Gasteiger partial charge is 0.440 e. The van der Waals surface area contributed by atoms with Gasteiger partial charge in [0.1, 0.15) is 42.1 Å². The maximum Gasteiger partial charge on any atom is 0.205 e. The van der Waals surface area contributed by atoms with E-state index in [4.69, 9.17) is 10.5 Å². The second kappa shape index (κ2) is 8.75. The minimum atomic E-state index is -0.479. The third-order valence-corrected chi connectivity index (χ3v) is 5.67. The number of ether oxygens (including phenoxy) is 1. The molecule has 2 heterocycles. The Kier molecular flexibility index (Phi) is 5.88. The average molecular weight is 420 g/mol. The molecule has 2 aliphatic rings. The summed E-state index contributed by atoms with van der Waals surface area (Å²) in [5, 5.41) is 9.81. The van der Waals surface area contributed by atoms with Crippen LogP contribution in [0.2, 0.25) is 0 Å². The Balaban J connectivity index is 1.88. The number of allylic oxidation sites excluding steroid dienone is 1. The van der Waals surface area contributed by atoms with Crippen LogP contribution in [0, 0.1) is 23.0 Å². The summed E-state index contributed by atoms with van der Waals surface area (Å²) < 4.78 is 33.8. The van der Waals surface area contributed by atoms with Gasteiger partial charge >= 0.3 is 0 Å². The van der Waals surface area contributed by atoms with Crippen LogP contribution < -0.4 is 10.6 Å². The number of hydrogen-bond donors (Lipinski definition) is 2. The van der Waals surface area contributed by atoms with Gasteiger partial charge in [0.25, 0.3) is 0 Å². The van der Waals surface area contributed by atoms with Crippen LogP contribution in [0.4, 0.5) is 8.78 Å². The van der Waals surface area contributed by atoms with Crippen LogP contribution in [0.25, 0.3) is 6.08 Å². The Bertz CT molecular complexity index is 1140. The van der Waals surface area contributed by atoms with Crippen LogP contribution in [0.3, 0.4) is 0 Å². The summed E-state index contributed by atoms with van der Waals surface area (Å²) in [4.78, 5) is 1.30. The SMILES string of the molecule is CCC[NH+]1CC2=C(OC(N)=C(C#N)[C@@H]2c2cccc(F)c2)/C(=C\c2cccc(F)c2)C1. The van der Waals surface area contributed by atoms with E-state index in [9.17, 15) is 14.0 Å². The van der Waals surface area contributed by atoms with Crippen molar-refractivity contribution in [1.29, 1.82) is 5.26 Å². The molecule has 6 heteroatoms. The number of nitrogens with zero attached hydrogens (tertiary/aromatic N) is 1. The first-order valence-corrected chi connectivity index (χ1v) is 10.4. The molecular formula is C25H24F2N3O+. The van der Waals surface area contributed by atoms with Gasteiger partial charge in [-0.2, -0.15) is 5.26 Å². The van der Waals surface area contributed by atoms with Crippen molar-refractivity contribution >= 4 is 6.08 Å². The summed E-state index contributed by atoms with van der Waals surface area (Å²) in [5.74, 6) is -0.529. The van der Waals surface area contributed by atoms with Crippen molar-refractivity contribution in [1.82, 2.24) is 0 Å². The summed E-state index contributed by atoms with van der Waals surface area (Å²) in [6, 6.07) is 14.8. The van der Waals surface area contributed by atoms with E-state index in [2.05, 4.69) is 13.0 Å². The number of quaternary nitrogens is 1. The predicted molar refractivity (Wildman–Crippen MR) is 114 cm³/mol. The molecule has 0 amide bonds. The van der Waals surface area contributed by atoms with Gasteiger partial charge in [-0.15, -0.1) is 0 Å². The Hall–Kier alpha value is -3.43. The van der Waals surface area contributed by atoms with Gasteiger partial charge in [0.05, 0.1) is 12.5 Å². The van der Waals surface area contributed by atoms with E-state index in [0.29, 0.717) is 24.4 Å². The van der Waals surface area contributed by atoms with E-state index in [1.54, 1.807) is 18.2 Å². The minimum absolute atomic E-state index is 0.0274. The Labute approximate surface area is 180 Å². The van der Waals surface area contributed by atoms with Crippen molar-refractivity contribution in [2.45, 2.75) is 19.3 Å². The van der Waals surface area contributed by atoms with Gasteiger partial charge in [-0.1, -0.05) is 31.2 Å². The van der Waals surface area contributed by atoms with E-state index in [0.717, 1.165) is 29.7 Å². The molecule has 0 aromatic heterocycles. The van der Waals surface area contributed by atoms with Gasteiger partial charge < -0.3 is 15.4 Å². The molecule has 2 aromatic rings. The number of halogens is 2. The van der Waals surface area contributed by atoms with Gasteiger partial charge in [0, 0.05) is 11.1 Å². The molecule has 4 nitrogen and oxygen atoms in total. The van der Waals surface area contributed by atoms with Gasteiger partial charge in [-0.25, -0.2) is 8.78 Å². The third-order valence-electron chi connectivity index (χ3n) is 5.67. The van der Waals surface area contributed by atoms with E-state index in [1.165, 1.54) is 29.2 Å². The number of benzene rings is 2. The number of hydrogen-bond acceptors (Lipinski definition) is 3. The molecule has 2 aliphatic heterocycles. The van der Waals surface area contributed by atoms with Crippen molar-refractivity contribution in [3.05, 3.63) is 99.7 Å². The van der Waals surface area contributed by atoms with Crippen LogP contribution in [0.15, 0.2) is 76.9 Å². The Morgan fingerprint density at radius 3 is 2.58 bits per heavy atom. The lowest BCUT2D eigenvalue weighted by Crippen LogP contribution is -3.13. The maximum absolute atomic E-state index is 14.0.